The highest BCUT2D eigenvalue weighted by atomic mass is 19.3. The van der Waals surface area contributed by atoms with E-state index in [9.17, 15) is 17.6 Å². The van der Waals surface area contributed by atoms with Crippen molar-refractivity contribution in [3.63, 3.8) is 0 Å². The standard InChI is InChI=1S/C9H16F4O3/c1-2-3-4-5-6-7(10,11)8(12,13)9(14,15)16/h14-16H,2-6H2,1H3. The van der Waals surface area contributed by atoms with Crippen LogP contribution in [0.25, 0.3) is 0 Å². The van der Waals surface area contributed by atoms with Gasteiger partial charge in [-0.05, 0) is 6.42 Å². The average Bonchev–Trinajstić information content (AvgIpc) is 2.10. The van der Waals surface area contributed by atoms with Crippen LogP contribution in [0.15, 0.2) is 0 Å². The molecule has 7 heteroatoms. The fourth-order valence-corrected chi connectivity index (χ4v) is 1.18. The van der Waals surface area contributed by atoms with Crippen molar-refractivity contribution in [2.45, 2.75) is 56.8 Å². The summed E-state index contributed by atoms with van der Waals surface area (Å²) in [5.41, 5.74) is 0. The number of hydrogen-bond acceptors (Lipinski definition) is 3. The molecule has 0 aliphatic carbocycles. The van der Waals surface area contributed by atoms with E-state index in [1.807, 2.05) is 6.92 Å². The van der Waals surface area contributed by atoms with Crippen molar-refractivity contribution >= 4 is 0 Å². The number of aliphatic hydroxyl groups is 3. The smallest absolute Gasteiger partial charge is 0.339 e. The summed E-state index contributed by atoms with van der Waals surface area (Å²) in [4.78, 5) is 0. The second kappa shape index (κ2) is 5.29. The zero-order valence-electron chi connectivity index (χ0n) is 8.89. The first-order valence-electron chi connectivity index (χ1n) is 4.99. The van der Waals surface area contributed by atoms with Gasteiger partial charge in [-0.25, -0.2) is 0 Å². The van der Waals surface area contributed by atoms with Crippen LogP contribution in [0.5, 0.6) is 0 Å². The maximum Gasteiger partial charge on any atom is 0.388 e. The SMILES string of the molecule is CCCCCCC(F)(F)C(F)(F)C(O)(O)O. The summed E-state index contributed by atoms with van der Waals surface area (Å²) >= 11 is 0. The van der Waals surface area contributed by atoms with E-state index >= 15 is 0 Å². The molecule has 0 aromatic heterocycles. The van der Waals surface area contributed by atoms with Gasteiger partial charge in [-0.15, -0.1) is 0 Å². The minimum absolute atomic E-state index is 0.174. The topological polar surface area (TPSA) is 60.7 Å². The number of halogens is 4. The summed E-state index contributed by atoms with van der Waals surface area (Å²) in [6.07, 6.45) is 0.351. The molecule has 0 aliphatic heterocycles. The predicted octanol–water partition coefficient (Wildman–Crippen LogP) is 1.86. The molecule has 0 radical (unpaired) electrons. The van der Waals surface area contributed by atoms with E-state index in [4.69, 9.17) is 15.3 Å². The molecule has 0 heterocycles. The van der Waals surface area contributed by atoms with Crippen LogP contribution in [0.3, 0.4) is 0 Å². The van der Waals surface area contributed by atoms with Crippen molar-refractivity contribution in [2.75, 3.05) is 0 Å². The molecule has 0 fully saturated rings. The molecule has 0 unspecified atom stereocenters. The Kier molecular flexibility index (Phi) is 5.15. The molecule has 0 bridgehead atoms. The van der Waals surface area contributed by atoms with Gasteiger partial charge in [-0.1, -0.05) is 26.2 Å². The van der Waals surface area contributed by atoms with Gasteiger partial charge < -0.3 is 15.3 Å². The highest BCUT2D eigenvalue weighted by Crippen LogP contribution is 2.43. The van der Waals surface area contributed by atoms with Gasteiger partial charge >= 0.3 is 17.8 Å². The summed E-state index contributed by atoms with van der Waals surface area (Å²) in [6.45, 7) is 1.83. The van der Waals surface area contributed by atoms with Crippen molar-refractivity contribution in [1.29, 1.82) is 0 Å². The number of alkyl halides is 4. The van der Waals surface area contributed by atoms with E-state index in [1.54, 1.807) is 0 Å². The lowest BCUT2D eigenvalue weighted by molar-refractivity contribution is -0.445. The van der Waals surface area contributed by atoms with Gasteiger partial charge in [0.15, 0.2) is 0 Å². The first kappa shape index (κ1) is 15.6. The Labute approximate surface area is 90.7 Å². The highest BCUT2D eigenvalue weighted by Gasteiger charge is 2.68. The fraction of sp³-hybridized carbons (Fsp3) is 1.00. The molecule has 3 N–H and O–H groups in total. The zero-order valence-corrected chi connectivity index (χ0v) is 8.89. The molecule has 0 spiro atoms. The molecule has 0 aromatic rings. The van der Waals surface area contributed by atoms with Crippen molar-refractivity contribution in [3.8, 4) is 0 Å². The Morgan fingerprint density at radius 1 is 0.875 bits per heavy atom. The van der Waals surface area contributed by atoms with Crippen LogP contribution >= 0.6 is 0 Å². The van der Waals surface area contributed by atoms with Gasteiger partial charge in [-0.2, -0.15) is 17.6 Å². The second-order valence-electron chi connectivity index (χ2n) is 3.72. The van der Waals surface area contributed by atoms with E-state index in [2.05, 4.69) is 0 Å². The number of hydrogen-bond donors (Lipinski definition) is 3. The van der Waals surface area contributed by atoms with E-state index in [-0.39, 0.29) is 6.42 Å². The van der Waals surface area contributed by atoms with Crippen molar-refractivity contribution < 1.29 is 32.9 Å². The van der Waals surface area contributed by atoms with Gasteiger partial charge in [0.1, 0.15) is 0 Å². The van der Waals surface area contributed by atoms with Crippen LogP contribution < -0.4 is 0 Å². The monoisotopic (exact) mass is 248 g/mol. The molecule has 0 atom stereocenters. The minimum Gasteiger partial charge on any atom is -0.339 e. The summed E-state index contributed by atoms with van der Waals surface area (Å²) in [5, 5.41) is 24.5. The maximum atomic E-state index is 12.9. The second-order valence-corrected chi connectivity index (χ2v) is 3.72. The molecule has 0 saturated carbocycles. The predicted molar refractivity (Wildman–Crippen MR) is 48.0 cm³/mol. The van der Waals surface area contributed by atoms with Gasteiger partial charge in [0, 0.05) is 6.42 Å². The van der Waals surface area contributed by atoms with Crippen LogP contribution in [0, 0.1) is 0 Å². The Morgan fingerprint density at radius 3 is 1.75 bits per heavy atom. The van der Waals surface area contributed by atoms with Crippen molar-refractivity contribution in [1.82, 2.24) is 0 Å². The number of unbranched alkanes of at least 4 members (excludes halogenated alkanes) is 3. The van der Waals surface area contributed by atoms with E-state index in [1.165, 1.54) is 0 Å². The first-order valence-corrected chi connectivity index (χ1v) is 4.99. The Hall–Kier alpha value is -0.400. The van der Waals surface area contributed by atoms with Gasteiger partial charge in [0.05, 0.1) is 0 Å². The lowest BCUT2D eigenvalue weighted by Crippen LogP contribution is -2.58. The highest BCUT2D eigenvalue weighted by molar-refractivity contribution is 4.89. The molecule has 0 saturated heterocycles. The van der Waals surface area contributed by atoms with Gasteiger partial charge in [-0.3, -0.25) is 0 Å². The average molecular weight is 248 g/mol. The molecule has 0 amide bonds. The summed E-state index contributed by atoms with van der Waals surface area (Å²) in [6, 6.07) is 0. The normalized spacial score (nSPS) is 14.2. The van der Waals surface area contributed by atoms with Gasteiger partial charge in [0.25, 0.3) is 0 Å². The molecule has 0 aliphatic rings. The third-order valence-corrected chi connectivity index (χ3v) is 2.22. The lowest BCUT2D eigenvalue weighted by Gasteiger charge is -2.32. The summed E-state index contributed by atoms with van der Waals surface area (Å²) < 4.78 is 51.2. The molecule has 16 heavy (non-hydrogen) atoms. The molecule has 3 nitrogen and oxygen atoms in total. The van der Waals surface area contributed by atoms with Crippen LogP contribution in [0.1, 0.15) is 39.0 Å². The van der Waals surface area contributed by atoms with E-state index in [0.29, 0.717) is 12.8 Å². The molecule has 0 aromatic carbocycles. The van der Waals surface area contributed by atoms with Crippen molar-refractivity contribution in [2.24, 2.45) is 0 Å². The first-order chi connectivity index (χ1) is 7.06. The zero-order chi connectivity index (χ0) is 13.0. The third-order valence-electron chi connectivity index (χ3n) is 2.22. The Balaban J connectivity index is 4.41. The van der Waals surface area contributed by atoms with Crippen LogP contribution in [0.4, 0.5) is 17.6 Å². The molecule has 98 valence electrons. The summed E-state index contributed by atoms with van der Waals surface area (Å²) in [7, 11) is 0. The largest absolute Gasteiger partial charge is 0.388 e. The van der Waals surface area contributed by atoms with Gasteiger partial charge in [0.2, 0.25) is 0 Å². The van der Waals surface area contributed by atoms with Crippen molar-refractivity contribution in [3.05, 3.63) is 0 Å². The molecule has 0 rings (SSSR count). The Morgan fingerprint density at radius 2 is 1.38 bits per heavy atom. The molecular weight excluding hydrogens is 232 g/mol. The van der Waals surface area contributed by atoms with Crippen LogP contribution in [-0.2, 0) is 0 Å². The maximum absolute atomic E-state index is 12.9. The number of rotatable bonds is 7. The fourth-order valence-electron chi connectivity index (χ4n) is 1.18. The van der Waals surface area contributed by atoms with E-state index in [0.717, 1.165) is 6.42 Å². The lowest BCUT2D eigenvalue weighted by atomic mass is 10.0. The van der Waals surface area contributed by atoms with Crippen LogP contribution in [0.2, 0.25) is 0 Å². The van der Waals surface area contributed by atoms with Crippen LogP contribution in [-0.4, -0.2) is 33.1 Å². The minimum atomic E-state index is -5.29. The summed E-state index contributed by atoms with van der Waals surface area (Å²) in [5.74, 6) is -14.6. The Bertz CT molecular complexity index is 213. The quantitative estimate of drug-likeness (QED) is 0.366. The van der Waals surface area contributed by atoms with E-state index < -0.39 is 24.2 Å². The molecular formula is C9H16F4O3. The third kappa shape index (κ3) is 3.57.